The number of hydrogen-bond donors (Lipinski definition) is 0. The van der Waals surface area contributed by atoms with Gasteiger partial charge in [0.15, 0.2) is 0 Å². The first-order valence-electron chi connectivity index (χ1n) is 7.11. The van der Waals surface area contributed by atoms with Crippen LogP contribution in [0.3, 0.4) is 0 Å². The summed E-state index contributed by atoms with van der Waals surface area (Å²) in [5, 5.41) is 0. The minimum atomic E-state index is -0.106. The van der Waals surface area contributed by atoms with E-state index in [2.05, 4.69) is 84.4 Å². The molecule has 2 aromatic rings. The number of halogens is 2. The Hall–Kier alpha value is -0.758. The summed E-state index contributed by atoms with van der Waals surface area (Å²) in [6.45, 7) is 1.78. The van der Waals surface area contributed by atoms with E-state index in [1.807, 2.05) is 12.1 Å². The third kappa shape index (κ3) is 8.06. The van der Waals surface area contributed by atoms with Crippen LogP contribution in [0.4, 0.5) is 11.4 Å². The van der Waals surface area contributed by atoms with Gasteiger partial charge in [0.2, 0.25) is 0 Å². The quantitative estimate of drug-likeness (QED) is 0.478. The first kappa shape index (κ1) is 20.3. The van der Waals surface area contributed by atoms with Gasteiger partial charge in [0, 0.05) is 25.5 Å². The van der Waals surface area contributed by atoms with E-state index < -0.39 is 0 Å². The molecule has 0 fully saturated rings. The van der Waals surface area contributed by atoms with Crippen molar-refractivity contribution in [2.45, 2.75) is 0 Å². The summed E-state index contributed by atoms with van der Waals surface area (Å²) in [7, 11) is 16.0. The summed E-state index contributed by atoms with van der Waals surface area (Å²) in [5.41, 5.74) is 2.48. The van der Waals surface area contributed by atoms with Gasteiger partial charge in [0.1, 0.15) is 0 Å². The Labute approximate surface area is 155 Å². The van der Waals surface area contributed by atoms with Gasteiger partial charge in [-0.05, 0) is 31.3 Å². The number of anilines is 2. The van der Waals surface area contributed by atoms with Crippen LogP contribution in [-0.2, 0) is 15.9 Å². The Balaban J connectivity index is 0.000000816. The molecule has 2 rings (SSSR count). The second-order valence-corrected chi connectivity index (χ2v) is 7.61. The zero-order valence-corrected chi connectivity index (χ0v) is 16.7. The number of benzene rings is 2. The summed E-state index contributed by atoms with van der Waals surface area (Å²) >= 11 is -0.106. The van der Waals surface area contributed by atoms with Gasteiger partial charge < -0.3 is 9.80 Å². The number of hydrogen-bond acceptors (Lipinski definition) is 3. The van der Waals surface area contributed by atoms with Gasteiger partial charge >= 0.3 is 35.0 Å². The number of para-hydroxylation sites is 2. The molecule has 0 heterocycles. The van der Waals surface area contributed by atoms with Crippen molar-refractivity contribution < 1.29 is 15.9 Å². The van der Waals surface area contributed by atoms with Crippen LogP contribution in [0.5, 0.6) is 0 Å². The average Bonchev–Trinajstić information content (AvgIpc) is 2.57. The van der Waals surface area contributed by atoms with E-state index in [9.17, 15) is 0 Å². The summed E-state index contributed by atoms with van der Waals surface area (Å²) in [6.07, 6.45) is 0. The van der Waals surface area contributed by atoms with Gasteiger partial charge in [0.25, 0.3) is 0 Å². The van der Waals surface area contributed by atoms with E-state index in [4.69, 9.17) is 19.1 Å². The summed E-state index contributed by atoms with van der Waals surface area (Å²) in [6, 6.07) is 20.9. The predicted molar refractivity (Wildman–Crippen MR) is 98.9 cm³/mol. The van der Waals surface area contributed by atoms with Crippen molar-refractivity contribution in [1.82, 2.24) is 4.90 Å². The molecule has 0 saturated heterocycles. The topological polar surface area (TPSA) is 9.72 Å². The monoisotopic (exact) mass is 445 g/mol. The maximum absolute atomic E-state index is 4.81. The predicted octanol–water partition coefficient (Wildman–Crippen LogP) is 4.48. The van der Waals surface area contributed by atoms with Crippen LogP contribution in [0.2, 0.25) is 0 Å². The van der Waals surface area contributed by atoms with Crippen LogP contribution in [0.1, 0.15) is 0 Å². The molecular formula is C17H23Cl2N3Pd. The van der Waals surface area contributed by atoms with Crippen molar-refractivity contribution in [3.8, 4) is 0 Å². The van der Waals surface area contributed by atoms with Gasteiger partial charge in [-0.1, -0.05) is 36.4 Å². The Morgan fingerprint density at radius 2 is 1.00 bits per heavy atom. The van der Waals surface area contributed by atoms with Crippen LogP contribution in [0, 0.1) is 0 Å². The van der Waals surface area contributed by atoms with Crippen LogP contribution in [-0.4, -0.2) is 39.4 Å². The molecule has 0 N–H and O–H groups in total. The molecule has 0 atom stereocenters. The van der Waals surface area contributed by atoms with Crippen LogP contribution < -0.4 is 9.80 Å². The SMILES string of the molecule is CN(CN(C)c1ccccc1)CN(C)c1ccccc1.[Cl][Pd][Cl]. The Bertz CT molecular complexity index is 480. The fourth-order valence-corrected chi connectivity index (χ4v) is 2.30. The average molecular weight is 447 g/mol. The second kappa shape index (κ2) is 11.7. The van der Waals surface area contributed by atoms with Gasteiger partial charge in [-0.3, -0.25) is 4.90 Å². The molecule has 3 nitrogen and oxygen atoms in total. The van der Waals surface area contributed by atoms with Crippen molar-refractivity contribution in [3.63, 3.8) is 0 Å². The fraction of sp³-hybridized carbons (Fsp3) is 0.294. The van der Waals surface area contributed by atoms with Crippen LogP contribution >= 0.6 is 19.1 Å². The van der Waals surface area contributed by atoms with E-state index >= 15 is 0 Å². The minimum absolute atomic E-state index is 0.106. The standard InChI is InChI=1S/C17H23N3.2ClH.Pd/c1-18(14-19(2)16-10-6-4-7-11-16)15-20(3)17-12-8-5-9-13-17;;;/h4-13H,14-15H2,1-3H3;2*1H;/q;;;+2/p-2. The van der Waals surface area contributed by atoms with E-state index in [0.29, 0.717) is 0 Å². The maximum atomic E-state index is 4.81. The molecule has 0 amide bonds. The molecule has 130 valence electrons. The summed E-state index contributed by atoms with van der Waals surface area (Å²) in [5.74, 6) is 0. The number of nitrogens with zero attached hydrogens (tertiary/aromatic N) is 3. The molecule has 0 spiro atoms. The van der Waals surface area contributed by atoms with Crippen LogP contribution in [0.15, 0.2) is 60.7 Å². The van der Waals surface area contributed by atoms with Crippen molar-refractivity contribution >= 4 is 30.4 Å². The molecule has 0 saturated carbocycles. The normalized spacial score (nSPS) is 10.2. The van der Waals surface area contributed by atoms with Crippen molar-refractivity contribution in [2.75, 3.05) is 44.3 Å². The molecule has 0 aliphatic heterocycles. The molecule has 0 aliphatic carbocycles. The first-order chi connectivity index (χ1) is 11.1. The molecule has 0 unspecified atom stereocenters. The molecule has 23 heavy (non-hydrogen) atoms. The van der Waals surface area contributed by atoms with Gasteiger partial charge in [-0.25, -0.2) is 0 Å². The Morgan fingerprint density at radius 1 is 0.696 bits per heavy atom. The first-order valence-corrected chi connectivity index (χ1v) is 11.1. The van der Waals surface area contributed by atoms with E-state index in [1.165, 1.54) is 11.4 Å². The van der Waals surface area contributed by atoms with E-state index in [0.717, 1.165) is 13.3 Å². The molecule has 6 heteroatoms. The van der Waals surface area contributed by atoms with Crippen LogP contribution in [0.25, 0.3) is 0 Å². The van der Waals surface area contributed by atoms with Gasteiger partial charge in [-0.2, -0.15) is 0 Å². The van der Waals surface area contributed by atoms with Crippen molar-refractivity contribution in [2.24, 2.45) is 0 Å². The molecular weight excluding hydrogens is 424 g/mol. The zero-order valence-electron chi connectivity index (χ0n) is 13.6. The van der Waals surface area contributed by atoms with Gasteiger partial charge in [0.05, 0.1) is 13.3 Å². The molecule has 0 aliphatic rings. The van der Waals surface area contributed by atoms with Gasteiger partial charge in [-0.15, -0.1) is 0 Å². The number of rotatable bonds is 6. The van der Waals surface area contributed by atoms with Crippen molar-refractivity contribution in [1.29, 1.82) is 0 Å². The second-order valence-electron chi connectivity index (χ2n) is 5.25. The third-order valence-electron chi connectivity index (χ3n) is 3.30. The molecule has 0 radical (unpaired) electrons. The molecule has 0 aromatic heterocycles. The third-order valence-corrected chi connectivity index (χ3v) is 3.30. The van der Waals surface area contributed by atoms with Crippen molar-refractivity contribution in [3.05, 3.63) is 60.7 Å². The van der Waals surface area contributed by atoms with E-state index in [-0.39, 0.29) is 15.9 Å². The zero-order chi connectivity index (χ0) is 17.1. The Kier molecular flexibility index (Phi) is 10.3. The Morgan fingerprint density at radius 3 is 1.30 bits per heavy atom. The fourth-order valence-electron chi connectivity index (χ4n) is 2.30. The summed E-state index contributed by atoms with van der Waals surface area (Å²) < 4.78 is 0. The molecule has 0 bridgehead atoms. The summed E-state index contributed by atoms with van der Waals surface area (Å²) in [4.78, 5) is 6.79. The molecule has 2 aromatic carbocycles. The van der Waals surface area contributed by atoms with E-state index in [1.54, 1.807) is 0 Å².